The van der Waals surface area contributed by atoms with Gasteiger partial charge in [0.25, 0.3) is 0 Å². The third-order valence-electron chi connectivity index (χ3n) is 2.83. The van der Waals surface area contributed by atoms with E-state index in [1.807, 2.05) is 0 Å². The maximum atomic E-state index is 9.87. The van der Waals surface area contributed by atoms with Crippen molar-refractivity contribution in [3.05, 3.63) is 65.8 Å². The van der Waals surface area contributed by atoms with Crippen molar-refractivity contribution in [3.8, 4) is 0 Å². The molecule has 0 radical (unpaired) electrons. The summed E-state index contributed by atoms with van der Waals surface area (Å²) in [5.74, 6) is 0. The predicted molar refractivity (Wildman–Crippen MR) is 82.8 cm³/mol. The number of benzene rings is 2. The molecule has 0 N–H and O–H groups in total. The molecular formula is C16H18F6IP. The number of hydrogen-bond donors (Lipinski definition) is 0. The summed E-state index contributed by atoms with van der Waals surface area (Å²) in [6.45, 7) is 8.77. The molecule has 0 nitrogen and oxygen atoms in total. The maximum absolute atomic E-state index is 10.7. The number of hydrogen-bond acceptors (Lipinski definition) is 0. The Balaban J connectivity index is 0.000000351. The second kappa shape index (κ2) is 6.48. The molecule has 0 aromatic heterocycles. The Morgan fingerprint density at radius 1 is 0.625 bits per heavy atom. The molecule has 0 aliphatic heterocycles. The van der Waals surface area contributed by atoms with Crippen LogP contribution in [0, 0.1) is 34.8 Å². The fourth-order valence-electron chi connectivity index (χ4n) is 1.91. The van der Waals surface area contributed by atoms with Gasteiger partial charge in [-0.15, -0.1) is 0 Å². The Hall–Kier alpha value is -0.820. The minimum atomic E-state index is -10.7. The Morgan fingerprint density at radius 2 is 0.917 bits per heavy atom. The molecule has 0 aliphatic carbocycles. The molecule has 136 valence electrons. The third kappa shape index (κ3) is 10.1. The van der Waals surface area contributed by atoms with Gasteiger partial charge in [-0.05, 0) is 39.8 Å². The molecule has 2 aromatic carbocycles. The van der Waals surface area contributed by atoms with Gasteiger partial charge in [0, 0.05) is 11.1 Å². The Kier molecular flexibility index (Phi) is 5.73. The van der Waals surface area contributed by atoms with Crippen LogP contribution in [-0.2, 0) is 0 Å². The fourth-order valence-corrected chi connectivity index (χ4v) is 4.42. The van der Waals surface area contributed by atoms with Gasteiger partial charge in [0.15, 0.2) is 7.14 Å². The first-order valence-corrected chi connectivity index (χ1v) is 11.1. The Morgan fingerprint density at radius 3 is 1.17 bits per heavy atom. The summed E-state index contributed by atoms with van der Waals surface area (Å²) in [4.78, 5) is 0. The van der Waals surface area contributed by atoms with Crippen LogP contribution < -0.4 is 21.2 Å². The van der Waals surface area contributed by atoms with Crippen LogP contribution in [0.2, 0.25) is 0 Å². The molecule has 0 saturated heterocycles. The molecule has 0 fully saturated rings. The van der Waals surface area contributed by atoms with Crippen molar-refractivity contribution in [1.29, 1.82) is 0 Å². The van der Waals surface area contributed by atoms with Crippen LogP contribution >= 0.6 is 7.81 Å². The van der Waals surface area contributed by atoms with Gasteiger partial charge in [0.2, 0.25) is 0 Å². The van der Waals surface area contributed by atoms with Gasteiger partial charge in [-0.1, -0.05) is 35.4 Å². The molecule has 8 heteroatoms. The topological polar surface area (TPSA) is 0 Å². The molecule has 2 rings (SSSR count). The van der Waals surface area contributed by atoms with Crippen molar-refractivity contribution in [3.63, 3.8) is 0 Å². The van der Waals surface area contributed by atoms with Crippen LogP contribution in [0.5, 0.6) is 0 Å². The van der Waals surface area contributed by atoms with Gasteiger partial charge < -0.3 is 0 Å². The zero-order valence-corrected chi connectivity index (χ0v) is 16.6. The molecule has 0 amide bonds. The normalized spacial score (nSPS) is 14.2. The van der Waals surface area contributed by atoms with Crippen molar-refractivity contribution in [2.75, 3.05) is 0 Å². The average Bonchev–Trinajstić information content (AvgIpc) is 2.31. The zero-order valence-electron chi connectivity index (χ0n) is 13.6. The zero-order chi connectivity index (χ0) is 18.8. The summed E-state index contributed by atoms with van der Waals surface area (Å²) in [6, 6.07) is 13.6. The SMILES string of the molecule is Cc1ccc([I+]c2ccc(C)cc2C)c(C)c1.F[P-](F)(F)(F)(F)F. The van der Waals surface area contributed by atoms with E-state index in [4.69, 9.17) is 0 Å². The molecule has 2 aromatic rings. The summed E-state index contributed by atoms with van der Waals surface area (Å²) in [5, 5.41) is 0. The second-order valence-electron chi connectivity index (χ2n) is 5.56. The summed E-state index contributed by atoms with van der Waals surface area (Å²) >= 11 is -0.0403. The Bertz CT molecular complexity index is 677. The number of rotatable bonds is 2. The first-order valence-electron chi connectivity index (χ1n) is 6.87. The summed E-state index contributed by atoms with van der Waals surface area (Å²) in [7, 11) is -10.7. The van der Waals surface area contributed by atoms with Crippen LogP contribution in [0.1, 0.15) is 22.3 Å². The minimum absolute atomic E-state index is 0.0403. The summed E-state index contributed by atoms with van der Waals surface area (Å²) in [6.07, 6.45) is 0. The van der Waals surface area contributed by atoms with E-state index >= 15 is 0 Å². The van der Waals surface area contributed by atoms with Crippen molar-refractivity contribution >= 4 is 7.81 Å². The van der Waals surface area contributed by atoms with Gasteiger partial charge in [-0.2, -0.15) is 0 Å². The average molecular weight is 482 g/mol. The summed E-state index contributed by atoms with van der Waals surface area (Å²) < 4.78 is 62.3. The van der Waals surface area contributed by atoms with E-state index in [2.05, 4.69) is 64.1 Å². The van der Waals surface area contributed by atoms with Gasteiger partial charge >= 0.3 is 54.2 Å². The van der Waals surface area contributed by atoms with Crippen LogP contribution in [-0.4, -0.2) is 0 Å². The molecule has 0 spiro atoms. The van der Waals surface area contributed by atoms with Crippen LogP contribution in [0.4, 0.5) is 25.2 Å². The molecule has 0 atom stereocenters. The quantitative estimate of drug-likeness (QED) is 0.338. The molecule has 0 bridgehead atoms. The van der Waals surface area contributed by atoms with E-state index in [1.54, 1.807) is 7.14 Å². The molecule has 0 saturated carbocycles. The first kappa shape index (κ1) is 21.2. The van der Waals surface area contributed by atoms with Gasteiger partial charge in [-0.25, -0.2) is 0 Å². The number of aryl methyl sites for hydroxylation is 4. The van der Waals surface area contributed by atoms with Crippen molar-refractivity contribution in [2.24, 2.45) is 0 Å². The van der Waals surface area contributed by atoms with E-state index in [-0.39, 0.29) is 21.2 Å². The van der Waals surface area contributed by atoms with Gasteiger partial charge in [0.05, 0.1) is 0 Å². The third-order valence-corrected chi connectivity index (χ3v) is 6.41. The van der Waals surface area contributed by atoms with E-state index in [0.29, 0.717) is 0 Å². The molecular weight excluding hydrogens is 464 g/mol. The Labute approximate surface area is 147 Å². The standard InChI is InChI=1S/C16H18I.F6P/c1-11-5-7-15(13(3)9-11)17-16-8-6-12(2)10-14(16)4;1-7(2,3,4,5)6/h5-10H,1-4H3;/q+1;-1. The fraction of sp³-hybridized carbons (Fsp3) is 0.250. The van der Waals surface area contributed by atoms with Gasteiger partial charge in [-0.3, -0.25) is 0 Å². The van der Waals surface area contributed by atoms with Gasteiger partial charge in [0.1, 0.15) is 0 Å². The van der Waals surface area contributed by atoms with E-state index in [0.717, 1.165) is 0 Å². The van der Waals surface area contributed by atoms with E-state index in [1.165, 1.54) is 22.3 Å². The molecule has 0 aliphatic rings. The number of halogens is 7. The summed E-state index contributed by atoms with van der Waals surface area (Å²) in [5.41, 5.74) is 5.60. The van der Waals surface area contributed by atoms with Crippen molar-refractivity contribution in [2.45, 2.75) is 27.7 Å². The first-order chi connectivity index (χ1) is 10.5. The van der Waals surface area contributed by atoms with E-state index < -0.39 is 7.81 Å². The second-order valence-corrected chi connectivity index (χ2v) is 10.3. The monoisotopic (exact) mass is 482 g/mol. The van der Waals surface area contributed by atoms with Crippen LogP contribution in [0.25, 0.3) is 0 Å². The van der Waals surface area contributed by atoms with Crippen molar-refractivity contribution < 1.29 is 46.4 Å². The molecule has 24 heavy (non-hydrogen) atoms. The van der Waals surface area contributed by atoms with Crippen molar-refractivity contribution in [1.82, 2.24) is 0 Å². The molecule has 0 heterocycles. The van der Waals surface area contributed by atoms with E-state index in [9.17, 15) is 25.2 Å². The predicted octanol–water partition coefficient (Wildman–Crippen LogP) is 4.43. The molecule has 0 unspecified atom stereocenters. The van der Waals surface area contributed by atoms with Crippen LogP contribution in [0.15, 0.2) is 36.4 Å². The van der Waals surface area contributed by atoms with Crippen LogP contribution in [0.3, 0.4) is 0 Å².